The summed E-state index contributed by atoms with van der Waals surface area (Å²) in [5.41, 5.74) is 5.88. The van der Waals surface area contributed by atoms with Gasteiger partial charge in [-0.1, -0.05) is 39.7 Å². The number of amides is 1. The lowest BCUT2D eigenvalue weighted by molar-refractivity contribution is -0.384. The molecule has 1 amide bonds. The van der Waals surface area contributed by atoms with Crippen LogP contribution in [0.3, 0.4) is 0 Å². The smallest absolute Gasteiger partial charge is 0.281 e. The van der Waals surface area contributed by atoms with Crippen molar-refractivity contribution in [2.24, 2.45) is 5.10 Å². The Kier molecular flexibility index (Phi) is 6.23. The van der Waals surface area contributed by atoms with Crippen LogP contribution in [0.5, 0.6) is 0 Å². The van der Waals surface area contributed by atoms with Crippen LogP contribution in [0.15, 0.2) is 62.5 Å². The van der Waals surface area contributed by atoms with Crippen LogP contribution in [0.4, 0.5) is 5.69 Å². The van der Waals surface area contributed by atoms with Crippen LogP contribution in [0.2, 0.25) is 0 Å². The van der Waals surface area contributed by atoms with E-state index in [2.05, 4.69) is 26.5 Å². The van der Waals surface area contributed by atoms with Crippen LogP contribution in [-0.2, 0) is 11.2 Å². The fourth-order valence-corrected chi connectivity index (χ4v) is 3.20. The molecule has 0 saturated carbocycles. The van der Waals surface area contributed by atoms with Crippen LogP contribution in [0, 0.1) is 24.0 Å². The number of nitrogens with one attached hydrogen (secondary N) is 1. The van der Waals surface area contributed by atoms with Crippen LogP contribution in [0.1, 0.15) is 22.5 Å². The van der Waals surface area contributed by atoms with E-state index in [-0.39, 0.29) is 18.0 Å². The molecule has 0 saturated heterocycles. The van der Waals surface area contributed by atoms with Gasteiger partial charge in [0.1, 0.15) is 11.5 Å². The zero-order chi connectivity index (χ0) is 21.0. The predicted octanol–water partition coefficient (Wildman–Crippen LogP) is 4.93. The molecule has 148 valence electrons. The summed E-state index contributed by atoms with van der Waals surface area (Å²) in [6, 6.07) is 13.9. The highest BCUT2D eigenvalue weighted by atomic mass is 79.9. The number of furan rings is 1. The van der Waals surface area contributed by atoms with Gasteiger partial charge in [-0.3, -0.25) is 14.9 Å². The Morgan fingerprint density at radius 2 is 2.00 bits per heavy atom. The van der Waals surface area contributed by atoms with Crippen molar-refractivity contribution in [2.75, 3.05) is 0 Å². The number of halogens is 1. The molecule has 1 heterocycles. The zero-order valence-corrected chi connectivity index (χ0v) is 17.4. The monoisotopic (exact) mass is 455 g/mol. The van der Waals surface area contributed by atoms with Gasteiger partial charge in [-0.25, -0.2) is 5.43 Å². The van der Waals surface area contributed by atoms with Crippen molar-refractivity contribution in [3.8, 4) is 11.3 Å². The number of hydrazone groups is 1. The largest absolute Gasteiger partial charge is 0.455 e. The summed E-state index contributed by atoms with van der Waals surface area (Å²) in [4.78, 5) is 22.9. The third-order valence-corrected chi connectivity index (χ3v) is 4.77. The molecule has 3 aromatic rings. The van der Waals surface area contributed by atoms with Crippen molar-refractivity contribution in [3.05, 3.63) is 85.6 Å². The van der Waals surface area contributed by atoms with Crippen LogP contribution in [-0.4, -0.2) is 17.0 Å². The summed E-state index contributed by atoms with van der Waals surface area (Å²) in [7, 11) is 0. The number of hydrogen-bond donors (Lipinski definition) is 1. The summed E-state index contributed by atoms with van der Waals surface area (Å²) in [5, 5.41) is 15.2. The van der Waals surface area contributed by atoms with Gasteiger partial charge in [-0.2, -0.15) is 5.10 Å². The third kappa shape index (κ3) is 5.17. The maximum atomic E-state index is 12.1. The second kappa shape index (κ2) is 8.83. The first-order valence-electron chi connectivity index (χ1n) is 8.75. The van der Waals surface area contributed by atoms with Crippen molar-refractivity contribution in [1.29, 1.82) is 0 Å². The minimum absolute atomic E-state index is 0.0704. The molecule has 0 aliphatic heterocycles. The summed E-state index contributed by atoms with van der Waals surface area (Å²) in [6.45, 7) is 3.96. The lowest BCUT2D eigenvalue weighted by Gasteiger charge is -2.05. The number of benzene rings is 2. The Labute approximate surface area is 175 Å². The molecule has 0 radical (unpaired) electrons. The highest BCUT2D eigenvalue weighted by Gasteiger charge is 2.18. The Morgan fingerprint density at radius 3 is 2.72 bits per heavy atom. The number of carbonyl (C=O) groups is 1. The van der Waals surface area contributed by atoms with E-state index in [9.17, 15) is 14.9 Å². The standard InChI is InChI=1S/C21H18BrN3O4/c1-13-3-4-15(14(2)9-13)10-21(26)24-23-12-17-6-8-20(29-17)18-7-5-16(22)11-19(18)25(27)28/h3-9,11-12H,10H2,1-2H3,(H,24,26)/b23-12-. The average Bonchev–Trinajstić information content (AvgIpc) is 3.12. The Morgan fingerprint density at radius 1 is 1.21 bits per heavy atom. The summed E-state index contributed by atoms with van der Waals surface area (Å²) in [5.74, 6) is 0.458. The fourth-order valence-electron chi connectivity index (χ4n) is 2.86. The first kappa shape index (κ1) is 20.5. The molecule has 0 aliphatic rings. The van der Waals surface area contributed by atoms with E-state index in [1.54, 1.807) is 24.3 Å². The number of carbonyl (C=O) groups excluding carboxylic acids is 1. The minimum Gasteiger partial charge on any atom is -0.455 e. The van der Waals surface area contributed by atoms with Gasteiger partial charge in [0, 0.05) is 10.5 Å². The zero-order valence-electron chi connectivity index (χ0n) is 15.8. The predicted molar refractivity (Wildman–Crippen MR) is 114 cm³/mol. The van der Waals surface area contributed by atoms with Crippen LogP contribution >= 0.6 is 15.9 Å². The second-order valence-electron chi connectivity index (χ2n) is 6.52. The van der Waals surface area contributed by atoms with Gasteiger partial charge < -0.3 is 4.42 Å². The number of aryl methyl sites for hydroxylation is 2. The summed E-state index contributed by atoms with van der Waals surface area (Å²) < 4.78 is 6.22. The number of nitrogens with zero attached hydrogens (tertiary/aromatic N) is 2. The first-order chi connectivity index (χ1) is 13.8. The van der Waals surface area contributed by atoms with Gasteiger partial charge in [-0.15, -0.1) is 0 Å². The van der Waals surface area contributed by atoms with Gasteiger partial charge in [0.05, 0.1) is 23.1 Å². The Balaban J connectivity index is 1.67. The molecule has 8 heteroatoms. The van der Waals surface area contributed by atoms with E-state index in [1.165, 1.54) is 12.3 Å². The molecular weight excluding hydrogens is 438 g/mol. The molecule has 7 nitrogen and oxygen atoms in total. The molecule has 0 aliphatic carbocycles. The number of nitro benzene ring substituents is 1. The Bertz CT molecular complexity index is 1110. The quantitative estimate of drug-likeness (QED) is 0.323. The second-order valence-corrected chi connectivity index (χ2v) is 7.44. The van der Waals surface area contributed by atoms with Gasteiger partial charge >= 0.3 is 0 Å². The van der Waals surface area contributed by atoms with Crippen molar-refractivity contribution in [1.82, 2.24) is 5.43 Å². The number of nitro groups is 1. The van der Waals surface area contributed by atoms with E-state index in [0.717, 1.165) is 16.7 Å². The minimum atomic E-state index is -0.469. The van der Waals surface area contributed by atoms with E-state index < -0.39 is 4.92 Å². The lowest BCUT2D eigenvalue weighted by Crippen LogP contribution is -2.20. The van der Waals surface area contributed by atoms with Gasteiger partial charge in [-0.05, 0) is 49.2 Å². The molecule has 1 N–H and O–H groups in total. The third-order valence-electron chi connectivity index (χ3n) is 4.28. The van der Waals surface area contributed by atoms with Crippen molar-refractivity contribution in [3.63, 3.8) is 0 Å². The fraction of sp³-hybridized carbons (Fsp3) is 0.143. The van der Waals surface area contributed by atoms with Crippen molar-refractivity contribution < 1.29 is 14.1 Å². The first-order valence-corrected chi connectivity index (χ1v) is 9.55. The number of rotatable bonds is 6. The lowest BCUT2D eigenvalue weighted by atomic mass is 10.0. The molecule has 1 aromatic heterocycles. The summed E-state index contributed by atoms with van der Waals surface area (Å²) >= 11 is 3.23. The highest BCUT2D eigenvalue weighted by Crippen LogP contribution is 2.33. The Hall–Kier alpha value is -3.26. The van der Waals surface area contributed by atoms with Crippen molar-refractivity contribution >= 4 is 33.7 Å². The molecule has 3 rings (SSSR count). The van der Waals surface area contributed by atoms with E-state index in [4.69, 9.17) is 4.42 Å². The molecule has 0 bridgehead atoms. The van der Waals surface area contributed by atoms with E-state index >= 15 is 0 Å². The molecule has 29 heavy (non-hydrogen) atoms. The highest BCUT2D eigenvalue weighted by molar-refractivity contribution is 9.10. The van der Waals surface area contributed by atoms with Crippen molar-refractivity contribution in [2.45, 2.75) is 20.3 Å². The molecule has 0 unspecified atom stereocenters. The van der Waals surface area contributed by atoms with Gasteiger partial charge in [0.25, 0.3) is 5.69 Å². The molecular formula is C21H18BrN3O4. The number of hydrogen-bond acceptors (Lipinski definition) is 5. The van der Waals surface area contributed by atoms with E-state index in [0.29, 0.717) is 21.6 Å². The van der Waals surface area contributed by atoms with Gasteiger partial charge in [0.15, 0.2) is 0 Å². The summed E-state index contributed by atoms with van der Waals surface area (Å²) in [6.07, 6.45) is 1.58. The van der Waals surface area contributed by atoms with Gasteiger partial charge in [0.2, 0.25) is 5.91 Å². The van der Waals surface area contributed by atoms with Crippen LogP contribution in [0.25, 0.3) is 11.3 Å². The normalized spacial score (nSPS) is 11.0. The maximum Gasteiger partial charge on any atom is 0.281 e. The molecule has 0 fully saturated rings. The molecule has 2 aromatic carbocycles. The van der Waals surface area contributed by atoms with E-state index in [1.807, 2.05) is 32.0 Å². The topological polar surface area (TPSA) is 97.7 Å². The average molecular weight is 456 g/mol. The molecule has 0 spiro atoms. The molecule has 0 atom stereocenters. The maximum absolute atomic E-state index is 12.1. The van der Waals surface area contributed by atoms with Crippen LogP contribution < -0.4 is 5.43 Å². The SMILES string of the molecule is Cc1ccc(CC(=O)N/N=C\c2ccc(-c3ccc(Br)cc3[N+](=O)[O-])o2)c(C)c1.